The lowest BCUT2D eigenvalue weighted by molar-refractivity contribution is -0.141. The summed E-state index contributed by atoms with van der Waals surface area (Å²) < 4.78 is 0. The van der Waals surface area contributed by atoms with E-state index in [1.807, 2.05) is 12.1 Å². The van der Waals surface area contributed by atoms with E-state index in [2.05, 4.69) is 14.6 Å². The number of benzene rings is 1. The molecule has 1 aromatic rings. The maximum Gasteiger partial charge on any atom is 0.255 e. The number of hydrogen-bond acceptors (Lipinski definition) is 3. The minimum absolute atomic E-state index is 0.111. The molecule has 2 fully saturated rings. The van der Waals surface area contributed by atoms with E-state index in [4.69, 9.17) is 0 Å². The summed E-state index contributed by atoms with van der Waals surface area (Å²) in [7, 11) is 2.61. The van der Waals surface area contributed by atoms with Crippen LogP contribution in [-0.2, 0) is 16.1 Å². The number of carbonyl (C=O) groups excluding carboxylic acids is 3. The fraction of sp³-hybridized carbons (Fsp3) is 0.400. The van der Waals surface area contributed by atoms with Gasteiger partial charge in [-0.15, -0.1) is 9.24 Å². The molecule has 2 aliphatic heterocycles. The molecule has 2 atom stereocenters. The van der Waals surface area contributed by atoms with Crippen molar-refractivity contribution >= 4 is 32.3 Å². The third kappa shape index (κ3) is 1.84. The van der Waals surface area contributed by atoms with E-state index < -0.39 is 11.5 Å². The van der Waals surface area contributed by atoms with Crippen molar-refractivity contribution in [3.8, 4) is 0 Å². The predicted molar refractivity (Wildman–Crippen MR) is 78.9 cm³/mol. The lowest BCUT2D eigenvalue weighted by Gasteiger charge is -2.33. The largest absolute Gasteiger partial charge is 0.322 e. The van der Waals surface area contributed by atoms with E-state index in [-0.39, 0.29) is 17.7 Å². The maximum atomic E-state index is 12.5. The van der Waals surface area contributed by atoms with E-state index in [1.54, 1.807) is 11.0 Å². The van der Waals surface area contributed by atoms with Crippen LogP contribution in [0.3, 0.4) is 0 Å². The Morgan fingerprint density at radius 3 is 2.71 bits per heavy atom. The monoisotopic (exact) mass is 302 g/mol. The Bertz CT molecular complexity index is 696. The van der Waals surface area contributed by atoms with Gasteiger partial charge in [-0.25, -0.2) is 0 Å². The highest BCUT2D eigenvalue weighted by Gasteiger charge is 2.57. The average Bonchev–Trinajstić information content (AvgIpc) is 3.15. The number of fused-ring (bicyclic) bond motifs is 1. The summed E-state index contributed by atoms with van der Waals surface area (Å²) in [5.74, 6) is -0.620. The van der Waals surface area contributed by atoms with Gasteiger partial charge < -0.3 is 4.90 Å². The van der Waals surface area contributed by atoms with Gasteiger partial charge in [0, 0.05) is 12.1 Å². The second kappa shape index (κ2) is 4.14. The lowest BCUT2D eigenvalue weighted by atomic mass is 9.90. The molecule has 4 rings (SSSR count). The van der Waals surface area contributed by atoms with E-state index in [0.717, 1.165) is 23.7 Å². The molecule has 1 saturated carbocycles. The summed E-state index contributed by atoms with van der Waals surface area (Å²) in [4.78, 5) is 38.1. The summed E-state index contributed by atoms with van der Waals surface area (Å²) in [6, 6.07) is 5.10. The van der Waals surface area contributed by atoms with Crippen molar-refractivity contribution in [3.05, 3.63) is 29.3 Å². The Hall–Kier alpha value is -1.74. The molecule has 0 bridgehead atoms. The molecule has 0 radical (unpaired) electrons. The molecule has 2 heterocycles. The smallest absolute Gasteiger partial charge is 0.255 e. The molecule has 2 unspecified atom stereocenters. The van der Waals surface area contributed by atoms with Crippen molar-refractivity contribution < 1.29 is 14.4 Å². The molecule has 21 heavy (non-hydrogen) atoms. The van der Waals surface area contributed by atoms with Crippen molar-refractivity contribution in [1.29, 1.82) is 0 Å². The molecule has 3 aliphatic rings. The van der Waals surface area contributed by atoms with Crippen LogP contribution in [0.5, 0.6) is 0 Å². The highest BCUT2D eigenvalue weighted by Crippen LogP contribution is 2.52. The number of hydrogen-bond donors (Lipinski definition) is 1. The molecule has 1 aliphatic carbocycles. The topological polar surface area (TPSA) is 66.5 Å². The van der Waals surface area contributed by atoms with Crippen molar-refractivity contribution in [2.75, 3.05) is 0 Å². The van der Waals surface area contributed by atoms with Crippen LogP contribution in [0.4, 0.5) is 0 Å². The average molecular weight is 302 g/mol. The number of piperidine rings is 1. The molecule has 1 spiro atoms. The fourth-order valence-electron chi connectivity index (χ4n) is 3.33. The maximum absolute atomic E-state index is 12.5. The van der Waals surface area contributed by atoms with Crippen LogP contribution in [0, 0.1) is 5.41 Å². The summed E-state index contributed by atoms with van der Waals surface area (Å²) in [5, 5.41) is 3.46. The van der Waals surface area contributed by atoms with Gasteiger partial charge in [-0.1, -0.05) is 6.07 Å². The Labute approximate surface area is 124 Å². The highest BCUT2D eigenvalue weighted by molar-refractivity contribution is 7.27. The second-order valence-corrected chi connectivity index (χ2v) is 6.83. The molecule has 0 aromatic heterocycles. The van der Waals surface area contributed by atoms with Gasteiger partial charge in [0.2, 0.25) is 11.8 Å². The summed E-state index contributed by atoms with van der Waals surface area (Å²) in [6.07, 6.45) is 2.09. The van der Waals surface area contributed by atoms with Gasteiger partial charge in [-0.2, -0.15) is 0 Å². The fourth-order valence-corrected chi connectivity index (χ4v) is 3.63. The van der Waals surface area contributed by atoms with E-state index >= 15 is 0 Å². The molecule has 1 aromatic carbocycles. The Morgan fingerprint density at radius 1 is 1.24 bits per heavy atom. The van der Waals surface area contributed by atoms with Gasteiger partial charge >= 0.3 is 0 Å². The summed E-state index contributed by atoms with van der Waals surface area (Å²) >= 11 is 0. The summed E-state index contributed by atoms with van der Waals surface area (Å²) in [5.41, 5.74) is 1.21. The number of nitrogens with one attached hydrogen (secondary N) is 1. The van der Waals surface area contributed by atoms with Crippen LogP contribution < -0.4 is 10.6 Å². The molecule has 1 N–H and O–H groups in total. The molecule has 5 nitrogen and oxygen atoms in total. The molecule has 6 heteroatoms. The Morgan fingerprint density at radius 2 is 2.00 bits per heavy atom. The van der Waals surface area contributed by atoms with Crippen LogP contribution in [0.2, 0.25) is 0 Å². The minimum atomic E-state index is -0.530. The van der Waals surface area contributed by atoms with Crippen molar-refractivity contribution in [1.82, 2.24) is 10.2 Å². The van der Waals surface area contributed by atoms with Crippen molar-refractivity contribution in [2.45, 2.75) is 31.8 Å². The third-order valence-electron chi connectivity index (χ3n) is 4.80. The predicted octanol–water partition coefficient (Wildman–Crippen LogP) is 0.338. The van der Waals surface area contributed by atoms with E-state index in [0.29, 0.717) is 18.5 Å². The zero-order valence-corrected chi connectivity index (χ0v) is 12.5. The molecule has 108 valence electrons. The molecule has 3 amide bonds. The Kier molecular flexibility index (Phi) is 2.55. The number of carbonyl (C=O) groups is 3. The van der Waals surface area contributed by atoms with Gasteiger partial charge in [0.15, 0.2) is 0 Å². The van der Waals surface area contributed by atoms with Crippen molar-refractivity contribution in [3.63, 3.8) is 0 Å². The number of imide groups is 1. The zero-order chi connectivity index (χ0) is 14.8. The first-order valence-corrected chi connectivity index (χ1v) is 7.63. The summed E-state index contributed by atoms with van der Waals surface area (Å²) in [6.45, 7) is 0.443. The number of amides is 3. The zero-order valence-electron chi connectivity index (χ0n) is 11.4. The highest BCUT2D eigenvalue weighted by atomic mass is 31.0. The van der Waals surface area contributed by atoms with Gasteiger partial charge in [-0.3, -0.25) is 19.7 Å². The quantitative estimate of drug-likeness (QED) is 0.601. The van der Waals surface area contributed by atoms with Gasteiger partial charge in [0.25, 0.3) is 5.91 Å². The van der Waals surface area contributed by atoms with Gasteiger partial charge in [0.05, 0.1) is 5.41 Å². The van der Waals surface area contributed by atoms with Gasteiger partial charge in [0.1, 0.15) is 6.04 Å². The van der Waals surface area contributed by atoms with Crippen LogP contribution >= 0.6 is 9.24 Å². The molecular formula is C15H15N2O3P. The molecule has 1 saturated heterocycles. The first kappa shape index (κ1) is 13.0. The number of nitrogens with zero attached hydrogens (tertiary/aromatic N) is 1. The van der Waals surface area contributed by atoms with Crippen LogP contribution in [0.1, 0.15) is 35.2 Å². The number of rotatable bonds is 1. The van der Waals surface area contributed by atoms with Crippen molar-refractivity contribution in [2.24, 2.45) is 5.41 Å². The van der Waals surface area contributed by atoms with Gasteiger partial charge in [-0.05, 0) is 42.3 Å². The third-order valence-corrected chi connectivity index (χ3v) is 5.16. The van der Waals surface area contributed by atoms with Crippen LogP contribution in [0.15, 0.2) is 18.2 Å². The first-order valence-electron chi connectivity index (χ1n) is 7.05. The van der Waals surface area contributed by atoms with Crippen LogP contribution in [-0.4, -0.2) is 28.7 Å². The minimum Gasteiger partial charge on any atom is -0.322 e. The SMILES string of the molecule is O=C1NC(=O)C2(CC2)CC1N1Cc2cc(P)ccc2C1=O. The van der Waals surface area contributed by atoms with E-state index in [9.17, 15) is 14.4 Å². The lowest BCUT2D eigenvalue weighted by Crippen LogP contribution is -2.56. The van der Waals surface area contributed by atoms with E-state index in [1.165, 1.54) is 0 Å². The standard InChI is InChI=1S/C15H15N2O3P/c18-12-11(6-15(3-4-15)14(20)16-12)17-7-8-5-9(21)1-2-10(8)13(17)19/h1-2,5,11H,3-4,6-7,21H2,(H,16,18,20). The van der Waals surface area contributed by atoms with Crippen LogP contribution in [0.25, 0.3) is 0 Å². The first-order chi connectivity index (χ1) is 10.00. The Balaban J connectivity index is 1.65. The second-order valence-electron chi connectivity index (χ2n) is 6.17. The normalized spacial score (nSPS) is 26.0. The molecular weight excluding hydrogens is 287 g/mol.